The third kappa shape index (κ3) is 5.98. The van der Waals surface area contributed by atoms with Gasteiger partial charge in [0.2, 0.25) is 0 Å². The summed E-state index contributed by atoms with van der Waals surface area (Å²) >= 11 is 0. The molecule has 2 aromatic carbocycles. The summed E-state index contributed by atoms with van der Waals surface area (Å²) in [5, 5.41) is 6.80. The van der Waals surface area contributed by atoms with E-state index in [0.29, 0.717) is 11.4 Å². The van der Waals surface area contributed by atoms with Crippen molar-refractivity contribution in [3.05, 3.63) is 59.7 Å². The second kappa shape index (κ2) is 9.98. The summed E-state index contributed by atoms with van der Waals surface area (Å²) in [6, 6.07) is 15.9. The Bertz CT molecular complexity index is 965. The molecule has 0 spiro atoms. The maximum atomic E-state index is 11.6. The van der Waals surface area contributed by atoms with Gasteiger partial charge in [-0.3, -0.25) is 4.99 Å². The van der Waals surface area contributed by atoms with Crippen molar-refractivity contribution in [3.8, 4) is 0 Å². The molecule has 1 aliphatic heterocycles. The first-order valence-electron chi connectivity index (χ1n) is 10.5. The topological polar surface area (TPSA) is 73.8 Å². The maximum absolute atomic E-state index is 11.6. The van der Waals surface area contributed by atoms with Crippen LogP contribution in [0, 0.1) is 0 Å². The lowest BCUT2D eigenvalue weighted by molar-refractivity contribution is 0.602. The van der Waals surface area contributed by atoms with E-state index in [4.69, 9.17) is 0 Å². The molecule has 0 radical (unpaired) electrons. The summed E-state index contributed by atoms with van der Waals surface area (Å²) in [5.74, 6) is 0.752. The van der Waals surface area contributed by atoms with Crippen molar-refractivity contribution < 1.29 is 8.42 Å². The standard InChI is InChI=1S/C23H32N4O2S/c1-18(20-7-6-8-21(17-20)27-15-4-5-16-27)26-23(24-2)25-14-13-19-9-11-22(12-10-19)30(3,28)29/h6-12,17-18H,4-5,13-16H2,1-3H3,(H2,24,25,26). The molecule has 2 N–H and O–H groups in total. The van der Waals surface area contributed by atoms with Crippen molar-refractivity contribution in [1.82, 2.24) is 10.6 Å². The zero-order chi connectivity index (χ0) is 21.6. The van der Waals surface area contributed by atoms with E-state index in [1.54, 1.807) is 19.2 Å². The van der Waals surface area contributed by atoms with Gasteiger partial charge in [0.05, 0.1) is 10.9 Å². The molecule has 0 bridgehead atoms. The van der Waals surface area contributed by atoms with E-state index in [1.807, 2.05) is 12.1 Å². The normalized spacial score (nSPS) is 15.8. The molecule has 1 atom stereocenters. The minimum Gasteiger partial charge on any atom is -0.372 e. The lowest BCUT2D eigenvalue weighted by Crippen LogP contribution is -2.39. The maximum Gasteiger partial charge on any atom is 0.191 e. The highest BCUT2D eigenvalue weighted by molar-refractivity contribution is 7.90. The number of hydrogen-bond acceptors (Lipinski definition) is 4. The van der Waals surface area contributed by atoms with Gasteiger partial charge in [-0.1, -0.05) is 24.3 Å². The van der Waals surface area contributed by atoms with Crippen molar-refractivity contribution in [2.24, 2.45) is 4.99 Å². The summed E-state index contributed by atoms with van der Waals surface area (Å²) in [5.41, 5.74) is 3.61. The number of nitrogens with zero attached hydrogens (tertiary/aromatic N) is 2. The molecule has 162 valence electrons. The van der Waals surface area contributed by atoms with Crippen molar-refractivity contribution in [2.45, 2.75) is 37.1 Å². The van der Waals surface area contributed by atoms with Gasteiger partial charge in [0.25, 0.3) is 0 Å². The molecule has 3 rings (SSSR count). The predicted octanol–water partition coefficient (Wildman–Crippen LogP) is 3.16. The molecule has 0 aromatic heterocycles. The van der Waals surface area contributed by atoms with Gasteiger partial charge in [0.15, 0.2) is 15.8 Å². The fraction of sp³-hybridized carbons (Fsp3) is 0.435. The Morgan fingerprint density at radius 1 is 1.13 bits per heavy atom. The van der Waals surface area contributed by atoms with Crippen LogP contribution < -0.4 is 15.5 Å². The second-order valence-electron chi connectivity index (χ2n) is 7.82. The molecular weight excluding hydrogens is 396 g/mol. The average Bonchev–Trinajstić information content (AvgIpc) is 3.28. The molecule has 0 aliphatic carbocycles. The van der Waals surface area contributed by atoms with Crippen LogP contribution in [0.25, 0.3) is 0 Å². The van der Waals surface area contributed by atoms with E-state index < -0.39 is 9.84 Å². The van der Waals surface area contributed by atoms with Gasteiger partial charge in [0, 0.05) is 38.6 Å². The zero-order valence-corrected chi connectivity index (χ0v) is 18.9. The fourth-order valence-corrected chi connectivity index (χ4v) is 4.31. The number of aliphatic imine (C=N–C) groups is 1. The third-order valence-electron chi connectivity index (χ3n) is 5.48. The van der Waals surface area contributed by atoms with E-state index in [1.165, 1.54) is 30.3 Å². The molecule has 1 saturated heterocycles. The summed E-state index contributed by atoms with van der Waals surface area (Å²) in [6.45, 7) is 5.12. The van der Waals surface area contributed by atoms with Gasteiger partial charge >= 0.3 is 0 Å². The Balaban J connectivity index is 1.52. The number of rotatable bonds is 7. The number of guanidine groups is 1. The average molecular weight is 429 g/mol. The summed E-state index contributed by atoms with van der Waals surface area (Å²) in [4.78, 5) is 7.13. The molecule has 1 aliphatic rings. The van der Waals surface area contributed by atoms with E-state index in [0.717, 1.165) is 31.0 Å². The van der Waals surface area contributed by atoms with E-state index >= 15 is 0 Å². The summed E-state index contributed by atoms with van der Waals surface area (Å²) in [6.07, 6.45) is 4.54. The Kier molecular flexibility index (Phi) is 7.37. The van der Waals surface area contributed by atoms with Crippen LogP contribution >= 0.6 is 0 Å². The van der Waals surface area contributed by atoms with Crippen LogP contribution in [0.5, 0.6) is 0 Å². The number of hydrogen-bond donors (Lipinski definition) is 2. The predicted molar refractivity (Wildman–Crippen MR) is 124 cm³/mol. The van der Waals surface area contributed by atoms with Crippen LogP contribution in [-0.4, -0.2) is 47.3 Å². The van der Waals surface area contributed by atoms with Crippen molar-refractivity contribution in [3.63, 3.8) is 0 Å². The minimum atomic E-state index is -3.15. The SMILES string of the molecule is CN=C(NCCc1ccc(S(C)(=O)=O)cc1)NC(C)c1cccc(N2CCCC2)c1. The van der Waals surface area contributed by atoms with E-state index in [-0.39, 0.29) is 6.04 Å². The molecule has 30 heavy (non-hydrogen) atoms. The third-order valence-corrected chi connectivity index (χ3v) is 6.60. The smallest absolute Gasteiger partial charge is 0.191 e. The first kappa shape index (κ1) is 22.2. The Hall–Kier alpha value is -2.54. The van der Waals surface area contributed by atoms with Crippen molar-refractivity contribution in [2.75, 3.05) is 37.8 Å². The van der Waals surface area contributed by atoms with E-state index in [2.05, 4.69) is 51.7 Å². The molecule has 1 heterocycles. The lowest BCUT2D eigenvalue weighted by Gasteiger charge is -2.22. The summed E-state index contributed by atoms with van der Waals surface area (Å²) in [7, 11) is -1.39. The van der Waals surface area contributed by atoms with E-state index in [9.17, 15) is 8.42 Å². The molecule has 0 amide bonds. The van der Waals surface area contributed by atoms with Crippen molar-refractivity contribution >= 4 is 21.5 Å². The van der Waals surface area contributed by atoms with Crippen LogP contribution in [0.1, 0.15) is 36.9 Å². The van der Waals surface area contributed by atoms with Crippen LogP contribution in [0.2, 0.25) is 0 Å². The largest absolute Gasteiger partial charge is 0.372 e. The molecule has 6 nitrogen and oxygen atoms in total. The first-order chi connectivity index (χ1) is 14.4. The van der Waals surface area contributed by atoms with Gasteiger partial charge in [-0.15, -0.1) is 0 Å². The monoisotopic (exact) mass is 428 g/mol. The zero-order valence-electron chi connectivity index (χ0n) is 18.1. The van der Waals surface area contributed by atoms with Gasteiger partial charge < -0.3 is 15.5 Å². The quantitative estimate of drug-likeness (QED) is 0.523. The Morgan fingerprint density at radius 2 is 1.83 bits per heavy atom. The molecule has 0 saturated carbocycles. The highest BCUT2D eigenvalue weighted by atomic mass is 32.2. The molecular formula is C23H32N4O2S. The molecule has 2 aromatic rings. The Morgan fingerprint density at radius 3 is 2.47 bits per heavy atom. The van der Waals surface area contributed by atoms with Crippen LogP contribution in [-0.2, 0) is 16.3 Å². The van der Waals surface area contributed by atoms with Crippen LogP contribution in [0.3, 0.4) is 0 Å². The van der Waals surface area contributed by atoms with Gasteiger partial charge in [-0.05, 0) is 61.6 Å². The van der Waals surface area contributed by atoms with Crippen LogP contribution in [0.15, 0.2) is 58.4 Å². The molecule has 7 heteroatoms. The van der Waals surface area contributed by atoms with Crippen LogP contribution in [0.4, 0.5) is 5.69 Å². The minimum absolute atomic E-state index is 0.132. The fourth-order valence-electron chi connectivity index (χ4n) is 3.68. The van der Waals surface area contributed by atoms with Gasteiger partial charge in [-0.25, -0.2) is 8.42 Å². The summed E-state index contributed by atoms with van der Waals surface area (Å²) < 4.78 is 23.1. The van der Waals surface area contributed by atoms with Gasteiger partial charge in [0.1, 0.15) is 0 Å². The number of anilines is 1. The Labute approximate surface area is 180 Å². The highest BCUT2D eigenvalue weighted by Crippen LogP contribution is 2.23. The number of benzene rings is 2. The highest BCUT2D eigenvalue weighted by Gasteiger charge is 2.14. The number of sulfone groups is 1. The van der Waals surface area contributed by atoms with Gasteiger partial charge in [-0.2, -0.15) is 0 Å². The second-order valence-corrected chi connectivity index (χ2v) is 9.84. The lowest BCUT2D eigenvalue weighted by atomic mass is 10.1. The van der Waals surface area contributed by atoms with Crippen molar-refractivity contribution in [1.29, 1.82) is 0 Å². The first-order valence-corrected chi connectivity index (χ1v) is 12.4. The molecule has 1 unspecified atom stereocenters. The number of nitrogens with one attached hydrogen (secondary N) is 2. The molecule has 1 fully saturated rings.